The number of aromatic nitrogens is 6. The molecule has 0 aromatic carbocycles. The summed E-state index contributed by atoms with van der Waals surface area (Å²) in [5, 5.41) is 13.4. The molecule has 4 heterocycles. The Balaban J connectivity index is 1.27. The molecule has 0 radical (unpaired) electrons. The molecule has 9 heteroatoms. The van der Waals surface area contributed by atoms with E-state index in [1.165, 1.54) is 23.8 Å². The summed E-state index contributed by atoms with van der Waals surface area (Å²) in [6.45, 7) is 2.37. The Morgan fingerprint density at radius 2 is 2.04 bits per heavy atom. The third kappa shape index (κ3) is 2.86. The largest absolute Gasteiger partial charge is 0.352 e. The van der Waals surface area contributed by atoms with Crippen molar-refractivity contribution in [3.05, 3.63) is 46.4 Å². The maximum Gasteiger partial charge on any atom is 0.257 e. The molecule has 1 saturated heterocycles. The van der Waals surface area contributed by atoms with Crippen LogP contribution in [0.15, 0.2) is 29.5 Å². The molecule has 1 aliphatic heterocycles. The van der Waals surface area contributed by atoms with E-state index in [-0.39, 0.29) is 5.56 Å². The van der Waals surface area contributed by atoms with E-state index < -0.39 is 0 Å². The first-order valence-corrected chi connectivity index (χ1v) is 9.77. The average molecular weight is 380 g/mol. The van der Waals surface area contributed by atoms with E-state index in [1.807, 2.05) is 16.6 Å². The molecule has 3 aromatic rings. The van der Waals surface area contributed by atoms with Crippen LogP contribution in [0, 0.1) is 0 Å². The van der Waals surface area contributed by atoms with Crippen LogP contribution in [0.5, 0.6) is 0 Å². The molecule has 146 valence electrons. The van der Waals surface area contributed by atoms with Crippen molar-refractivity contribution < 1.29 is 0 Å². The topological polar surface area (TPSA) is 84.5 Å². The predicted octanol–water partition coefficient (Wildman–Crippen LogP) is 0.806. The monoisotopic (exact) mass is 380 g/mol. The normalized spacial score (nSPS) is 17.9. The van der Waals surface area contributed by atoms with Crippen molar-refractivity contribution in [2.24, 2.45) is 7.05 Å². The Kier molecular flexibility index (Phi) is 4.12. The molecule has 0 amide bonds. The Hall–Kier alpha value is -2.81. The van der Waals surface area contributed by atoms with Gasteiger partial charge in [0.05, 0.1) is 6.33 Å². The highest BCUT2D eigenvalue weighted by Crippen LogP contribution is 2.35. The van der Waals surface area contributed by atoms with Gasteiger partial charge in [0.2, 0.25) is 0 Å². The summed E-state index contributed by atoms with van der Waals surface area (Å²) in [5.41, 5.74) is 1.55. The van der Waals surface area contributed by atoms with Crippen molar-refractivity contribution in [2.75, 3.05) is 25.0 Å². The zero-order valence-electron chi connectivity index (χ0n) is 16.2. The number of aryl methyl sites for hydroxylation is 1. The fraction of sp³-hybridized carbons (Fsp3) is 0.526. The summed E-state index contributed by atoms with van der Waals surface area (Å²) in [7, 11) is 3.79. The van der Waals surface area contributed by atoms with Crippen LogP contribution in [0.4, 0.5) is 5.82 Å². The van der Waals surface area contributed by atoms with Crippen molar-refractivity contribution in [3.8, 4) is 0 Å². The van der Waals surface area contributed by atoms with E-state index in [0.717, 1.165) is 35.9 Å². The molecule has 0 N–H and O–H groups in total. The summed E-state index contributed by atoms with van der Waals surface area (Å²) >= 11 is 0. The smallest absolute Gasteiger partial charge is 0.257 e. The number of fused-ring (bicyclic) bond motifs is 1. The third-order valence-electron chi connectivity index (χ3n) is 6.04. The SMILES string of the molecule is CN(Cc1cncn(C)c1=O)C1CN(c2ccc3nnc(C4CCC4)n3n2)C1. The molecule has 1 saturated carbocycles. The first kappa shape index (κ1) is 17.3. The van der Waals surface area contributed by atoms with Crippen LogP contribution in [-0.4, -0.2) is 60.4 Å². The summed E-state index contributed by atoms with van der Waals surface area (Å²) in [4.78, 5) is 20.8. The van der Waals surface area contributed by atoms with Gasteiger partial charge in [0.25, 0.3) is 5.56 Å². The van der Waals surface area contributed by atoms with Crippen LogP contribution >= 0.6 is 0 Å². The Labute approximate surface area is 162 Å². The minimum absolute atomic E-state index is 0.0151. The van der Waals surface area contributed by atoms with Gasteiger partial charge in [0, 0.05) is 50.4 Å². The number of likely N-dealkylation sites (N-methyl/N-ethyl adjacent to an activating group) is 1. The number of nitrogens with zero attached hydrogens (tertiary/aromatic N) is 8. The van der Waals surface area contributed by atoms with E-state index in [9.17, 15) is 4.79 Å². The second-order valence-corrected chi connectivity index (χ2v) is 7.96. The fourth-order valence-corrected chi connectivity index (χ4v) is 3.87. The van der Waals surface area contributed by atoms with Crippen molar-refractivity contribution in [2.45, 2.75) is 37.8 Å². The lowest BCUT2D eigenvalue weighted by Crippen LogP contribution is -2.58. The molecule has 0 unspecified atom stereocenters. The van der Waals surface area contributed by atoms with Crippen molar-refractivity contribution >= 4 is 11.5 Å². The number of anilines is 1. The van der Waals surface area contributed by atoms with Crippen molar-refractivity contribution in [1.82, 2.24) is 34.3 Å². The maximum absolute atomic E-state index is 12.2. The number of hydrogen-bond acceptors (Lipinski definition) is 7. The number of rotatable bonds is 5. The molecular formula is C19H24N8O. The van der Waals surface area contributed by atoms with E-state index in [4.69, 9.17) is 5.10 Å². The average Bonchev–Trinajstić information content (AvgIpc) is 2.99. The highest BCUT2D eigenvalue weighted by Gasteiger charge is 2.32. The van der Waals surface area contributed by atoms with Crippen LogP contribution in [-0.2, 0) is 13.6 Å². The lowest BCUT2D eigenvalue weighted by molar-refractivity contribution is 0.195. The second-order valence-electron chi connectivity index (χ2n) is 7.96. The molecule has 2 fully saturated rings. The first-order valence-electron chi connectivity index (χ1n) is 9.77. The third-order valence-corrected chi connectivity index (χ3v) is 6.04. The minimum atomic E-state index is 0.0151. The Morgan fingerprint density at radius 1 is 1.21 bits per heavy atom. The second kappa shape index (κ2) is 6.66. The minimum Gasteiger partial charge on any atom is -0.352 e. The van der Waals surface area contributed by atoms with Gasteiger partial charge in [0.1, 0.15) is 5.82 Å². The Bertz CT molecular complexity index is 1060. The van der Waals surface area contributed by atoms with Crippen LogP contribution in [0.3, 0.4) is 0 Å². The van der Waals surface area contributed by atoms with Gasteiger partial charge in [-0.3, -0.25) is 9.69 Å². The maximum atomic E-state index is 12.2. The molecular weight excluding hydrogens is 356 g/mol. The molecule has 0 atom stereocenters. The van der Waals surface area contributed by atoms with Crippen molar-refractivity contribution in [3.63, 3.8) is 0 Å². The zero-order valence-corrected chi connectivity index (χ0v) is 16.2. The lowest BCUT2D eigenvalue weighted by atomic mass is 9.85. The van der Waals surface area contributed by atoms with E-state index in [0.29, 0.717) is 18.5 Å². The van der Waals surface area contributed by atoms with Gasteiger partial charge in [0.15, 0.2) is 11.5 Å². The zero-order chi connectivity index (χ0) is 19.3. The Morgan fingerprint density at radius 3 is 2.79 bits per heavy atom. The standard InChI is InChI=1S/C19H24N8O/c1-24(9-14-8-20-12-25(2)19(14)28)15-10-26(11-15)17-7-6-16-21-22-18(27(16)23-17)13-4-3-5-13/h6-8,12-13,15H,3-5,9-11H2,1-2H3. The molecule has 28 heavy (non-hydrogen) atoms. The quantitative estimate of drug-likeness (QED) is 0.647. The molecule has 3 aromatic heterocycles. The molecule has 9 nitrogen and oxygen atoms in total. The first-order chi connectivity index (χ1) is 13.6. The molecule has 0 spiro atoms. The van der Waals surface area contributed by atoms with Crippen LogP contribution in [0.1, 0.15) is 36.6 Å². The predicted molar refractivity (Wildman–Crippen MR) is 104 cm³/mol. The van der Waals surface area contributed by atoms with Crippen LogP contribution in [0.2, 0.25) is 0 Å². The van der Waals surface area contributed by atoms with E-state index >= 15 is 0 Å². The molecule has 0 bridgehead atoms. The molecule has 1 aliphatic carbocycles. The summed E-state index contributed by atoms with van der Waals surface area (Å²) in [5.74, 6) is 2.44. The van der Waals surface area contributed by atoms with Crippen LogP contribution in [0.25, 0.3) is 5.65 Å². The van der Waals surface area contributed by atoms with Gasteiger partial charge in [-0.1, -0.05) is 6.42 Å². The highest BCUT2D eigenvalue weighted by molar-refractivity contribution is 5.48. The van der Waals surface area contributed by atoms with Gasteiger partial charge in [-0.2, -0.15) is 4.52 Å². The van der Waals surface area contributed by atoms with Crippen LogP contribution < -0.4 is 10.5 Å². The molecule has 5 rings (SSSR count). The van der Waals surface area contributed by atoms with Gasteiger partial charge < -0.3 is 9.47 Å². The van der Waals surface area contributed by atoms with Gasteiger partial charge in [-0.05, 0) is 32.0 Å². The van der Waals surface area contributed by atoms with Gasteiger partial charge in [-0.15, -0.1) is 15.3 Å². The fourth-order valence-electron chi connectivity index (χ4n) is 3.87. The van der Waals surface area contributed by atoms with Gasteiger partial charge in [-0.25, -0.2) is 4.98 Å². The summed E-state index contributed by atoms with van der Waals surface area (Å²) in [6, 6.07) is 4.39. The number of hydrogen-bond donors (Lipinski definition) is 0. The van der Waals surface area contributed by atoms with E-state index in [1.54, 1.807) is 19.6 Å². The van der Waals surface area contributed by atoms with Crippen molar-refractivity contribution in [1.29, 1.82) is 0 Å². The molecule has 2 aliphatic rings. The van der Waals surface area contributed by atoms with Gasteiger partial charge >= 0.3 is 0 Å². The highest BCUT2D eigenvalue weighted by atomic mass is 16.1. The summed E-state index contributed by atoms with van der Waals surface area (Å²) in [6.07, 6.45) is 6.83. The lowest BCUT2D eigenvalue weighted by Gasteiger charge is -2.44. The summed E-state index contributed by atoms with van der Waals surface area (Å²) < 4.78 is 3.43. The van der Waals surface area contributed by atoms with E-state index in [2.05, 4.69) is 32.0 Å².